The van der Waals surface area contributed by atoms with Crippen LogP contribution in [0.15, 0.2) is 18.2 Å². The van der Waals surface area contributed by atoms with Gasteiger partial charge >= 0.3 is 5.97 Å². The molecule has 0 bridgehead atoms. The van der Waals surface area contributed by atoms with Crippen molar-refractivity contribution in [1.82, 2.24) is 4.90 Å². The van der Waals surface area contributed by atoms with Gasteiger partial charge in [-0.05, 0) is 32.0 Å². The molecular weight excluding hydrogens is 249 g/mol. The van der Waals surface area contributed by atoms with Crippen LogP contribution in [0, 0.1) is 5.82 Å². The normalized spacial score (nSPS) is 17.2. The van der Waals surface area contributed by atoms with E-state index in [0.717, 1.165) is 25.9 Å². The quantitative estimate of drug-likeness (QED) is 0.786. The van der Waals surface area contributed by atoms with Gasteiger partial charge in [0, 0.05) is 19.2 Å². The molecule has 0 spiro atoms. The molecule has 0 aliphatic carbocycles. The smallest absolute Gasteiger partial charge is 0.341 e. The molecule has 0 unspecified atom stereocenters. The average Bonchev–Trinajstić information content (AvgIpc) is 2.41. The third-order valence-electron chi connectivity index (χ3n) is 3.31. The molecule has 1 heterocycles. The molecule has 104 valence electrons. The van der Waals surface area contributed by atoms with Gasteiger partial charge in [0.1, 0.15) is 23.2 Å². The fourth-order valence-electron chi connectivity index (χ4n) is 2.15. The van der Waals surface area contributed by atoms with Crippen molar-refractivity contribution in [3.05, 3.63) is 29.6 Å². The maximum absolute atomic E-state index is 13.3. The molecule has 0 radical (unpaired) electrons. The first kappa shape index (κ1) is 13.8. The van der Waals surface area contributed by atoms with Gasteiger partial charge in [0.25, 0.3) is 0 Å². The van der Waals surface area contributed by atoms with Gasteiger partial charge in [0.2, 0.25) is 0 Å². The second-order valence-corrected chi connectivity index (χ2v) is 4.75. The van der Waals surface area contributed by atoms with E-state index in [1.807, 2.05) is 0 Å². The maximum atomic E-state index is 13.3. The van der Waals surface area contributed by atoms with E-state index < -0.39 is 11.8 Å². The van der Waals surface area contributed by atoms with Crippen LogP contribution in [-0.4, -0.2) is 44.2 Å². The molecule has 1 saturated heterocycles. The minimum atomic E-state index is -0.511. The third-order valence-corrected chi connectivity index (χ3v) is 3.31. The summed E-state index contributed by atoms with van der Waals surface area (Å²) in [6.07, 6.45) is 1.75. The summed E-state index contributed by atoms with van der Waals surface area (Å²) in [7, 11) is 3.35. The van der Waals surface area contributed by atoms with Crippen LogP contribution in [0.3, 0.4) is 0 Å². The summed E-state index contributed by atoms with van der Waals surface area (Å²) in [6.45, 7) is 1.88. The van der Waals surface area contributed by atoms with E-state index in [-0.39, 0.29) is 17.4 Å². The van der Waals surface area contributed by atoms with Gasteiger partial charge in [-0.2, -0.15) is 0 Å². The van der Waals surface area contributed by atoms with Crippen LogP contribution in [0.2, 0.25) is 0 Å². The van der Waals surface area contributed by atoms with Crippen molar-refractivity contribution in [2.24, 2.45) is 0 Å². The topological polar surface area (TPSA) is 38.8 Å². The lowest BCUT2D eigenvalue weighted by Crippen LogP contribution is -2.35. The van der Waals surface area contributed by atoms with Gasteiger partial charge in [-0.25, -0.2) is 9.18 Å². The third kappa shape index (κ3) is 3.44. The van der Waals surface area contributed by atoms with Crippen LogP contribution >= 0.6 is 0 Å². The number of esters is 1. The summed E-state index contributed by atoms with van der Waals surface area (Å²) >= 11 is 0. The van der Waals surface area contributed by atoms with Crippen molar-refractivity contribution in [1.29, 1.82) is 0 Å². The lowest BCUT2D eigenvalue weighted by molar-refractivity contribution is 0.0586. The van der Waals surface area contributed by atoms with E-state index >= 15 is 0 Å². The van der Waals surface area contributed by atoms with Crippen molar-refractivity contribution in [2.45, 2.75) is 18.9 Å². The number of rotatable bonds is 3. The Morgan fingerprint density at radius 2 is 2.05 bits per heavy atom. The lowest BCUT2D eigenvalue weighted by Gasteiger charge is -2.29. The number of nitrogens with zero attached hydrogens (tertiary/aromatic N) is 1. The predicted molar refractivity (Wildman–Crippen MR) is 68.9 cm³/mol. The van der Waals surface area contributed by atoms with Gasteiger partial charge in [0.15, 0.2) is 0 Å². The van der Waals surface area contributed by atoms with Crippen LogP contribution in [-0.2, 0) is 4.74 Å². The van der Waals surface area contributed by atoms with Crippen molar-refractivity contribution in [2.75, 3.05) is 27.2 Å². The zero-order chi connectivity index (χ0) is 13.8. The predicted octanol–water partition coefficient (Wildman–Crippen LogP) is 2.09. The number of likely N-dealkylation sites (tertiary alicyclic amines) is 1. The molecule has 0 atom stereocenters. The standard InChI is InChI=1S/C14H18FNO3/c1-16-7-5-11(6-8-16)19-13-9-10(15)3-4-12(13)14(17)18-2/h3-4,9,11H,5-8H2,1-2H3. The highest BCUT2D eigenvalue weighted by molar-refractivity contribution is 5.92. The number of hydrogen-bond acceptors (Lipinski definition) is 4. The first-order valence-corrected chi connectivity index (χ1v) is 6.33. The Bertz CT molecular complexity index is 456. The highest BCUT2D eigenvalue weighted by atomic mass is 19.1. The average molecular weight is 267 g/mol. The highest BCUT2D eigenvalue weighted by Gasteiger charge is 2.21. The molecule has 19 heavy (non-hydrogen) atoms. The Kier molecular flexibility index (Phi) is 4.37. The van der Waals surface area contributed by atoms with Gasteiger partial charge in [-0.3, -0.25) is 0 Å². The van der Waals surface area contributed by atoms with Gasteiger partial charge < -0.3 is 14.4 Å². The van der Waals surface area contributed by atoms with E-state index in [4.69, 9.17) is 4.74 Å². The minimum absolute atomic E-state index is 0.0152. The molecular formula is C14H18FNO3. The van der Waals surface area contributed by atoms with E-state index in [9.17, 15) is 9.18 Å². The molecule has 0 aromatic heterocycles. The number of carbonyl (C=O) groups is 1. The molecule has 0 N–H and O–H groups in total. The first-order chi connectivity index (χ1) is 9.10. The Morgan fingerprint density at radius 1 is 1.37 bits per heavy atom. The van der Waals surface area contributed by atoms with Crippen molar-refractivity contribution in [3.63, 3.8) is 0 Å². The van der Waals surface area contributed by atoms with E-state index in [2.05, 4.69) is 16.7 Å². The van der Waals surface area contributed by atoms with Crippen LogP contribution in [0.1, 0.15) is 23.2 Å². The Morgan fingerprint density at radius 3 is 2.68 bits per heavy atom. The Hall–Kier alpha value is -1.62. The second kappa shape index (κ2) is 6.02. The highest BCUT2D eigenvalue weighted by Crippen LogP contribution is 2.24. The minimum Gasteiger partial charge on any atom is -0.489 e. The van der Waals surface area contributed by atoms with Crippen LogP contribution in [0.5, 0.6) is 5.75 Å². The first-order valence-electron chi connectivity index (χ1n) is 6.33. The van der Waals surface area contributed by atoms with Crippen molar-refractivity contribution >= 4 is 5.97 Å². The molecule has 0 amide bonds. The summed E-state index contributed by atoms with van der Waals surface area (Å²) < 4.78 is 23.7. The summed E-state index contributed by atoms with van der Waals surface area (Å²) in [5.41, 5.74) is 0.267. The molecule has 1 aromatic rings. The van der Waals surface area contributed by atoms with E-state index in [1.54, 1.807) is 0 Å². The summed E-state index contributed by atoms with van der Waals surface area (Å²) in [4.78, 5) is 13.8. The lowest BCUT2D eigenvalue weighted by atomic mass is 10.1. The van der Waals surface area contributed by atoms with Crippen molar-refractivity contribution in [3.8, 4) is 5.75 Å². The summed E-state index contributed by atoms with van der Waals surface area (Å²) in [5.74, 6) is -0.667. The molecule has 1 aliphatic rings. The number of hydrogen-bond donors (Lipinski definition) is 0. The summed E-state index contributed by atoms with van der Waals surface area (Å²) in [6, 6.07) is 3.86. The van der Waals surface area contributed by atoms with Crippen molar-refractivity contribution < 1.29 is 18.7 Å². The molecule has 0 saturated carbocycles. The van der Waals surface area contributed by atoms with Gasteiger partial charge in [0.05, 0.1) is 7.11 Å². The number of ether oxygens (including phenoxy) is 2. The SMILES string of the molecule is COC(=O)c1ccc(F)cc1OC1CCN(C)CC1. The van der Waals surface area contributed by atoms with Crippen LogP contribution < -0.4 is 4.74 Å². The van der Waals surface area contributed by atoms with E-state index in [0.29, 0.717) is 0 Å². The zero-order valence-electron chi connectivity index (χ0n) is 11.2. The second-order valence-electron chi connectivity index (χ2n) is 4.75. The van der Waals surface area contributed by atoms with Gasteiger partial charge in [-0.15, -0.1) is 0 Å². The van der Waals surface area contributed by atoms with E-state index in [1.165, 1.54) is 25.3 Å². The molecule has 5 heteroatoms. The molecule has 1 aromatic carbocycles. The fourth-order valence-corrected chi connectivity index (χ4v) is 2.15. The monoisotopic (exact) mass is 267 g/mol. The summed E-state index contributed by atoms with van der Waals surface area (Å²) in [5, 5.41) is 0. The Balaban J connectivity index is 2.14. The maximum Gasteiger partial charge on any atom is 0.341 e. The van der Waals surface area contributed by atoms with Crippen LogP contribution in [0.4, 0.5) is 4.39 Å². The zero-order valence-corrected chi connectivity index (χ0v) is 11.2. The molecule has 2 rings (SSSR count). The number of carbonyl (C=O) groups excluding carboxylic acids is 1. The molecule has 1 aliphatic heterocycles. The van der Waals surface area contributed by atoms with Crippen LogP contribution in [0.25, 0.3) is 0 Å². The number of piperidine rings is 1. The Labute approximate surface area is 112 Å². The number of halogens is 1. The number of benzene rings is 1. The molecule has 1 fully saturated rings. The van der Waals surface area contributed by atoms with Gasteiger partial charge in [-0.1, -0.05) is 0 Å². The molecule has 4 nitrogen and oxygen atoms in total. The fraction of sp³-hybridized carbons (Fsp3) is 0.500. The largest absolute Gasteiger partial charge is 0.489 e. The number of methoxy groups -OCH3 is 1.